The van der Waals surface area contributed by atoms with Crippen LogP contribution in [-0.4, -0.2) is 14.5 Å². The first-order chi connectivity index (χ1) is 9.83. The molecular weight excluding hydrogens is 270 g/mol. The van der Waals surface area contributed by atoms with Crippen LogP contribution in [0, 0.1) is 0 Å². The lowest BCUT2D eigenvalue weighted by atomic mass is 10.1. The van der Waals surface area contributed by atoms with Gasteiger partial charge in [-0.1, -0.05) is 25.1 Å². The van der Waals surface area contributed by atoms with Crippen LogP contribution >= 0.6 is 11.6 Å². The molecule has 0 bridgehead atoms. The van der Waals surface area contributed by atoms with Crippen molar-refractivity contribution < 1.29 is 0 Å². The van der Waals surface area contributed by atoms with Crippen molar-refractivity contribution in [3.8, 4) is 5.69 Å². The van der Waals surface area contributed by atoms with Crippen molar-refractivity contribution in [2.45, 2.75) is 25.6 Å². The zero-order valence-corrected chi connectivity index (χ0v) is 12.1. The van der Waals surface area contributed by atoms with Gasteiger partial charge in [0.15, 0.2) is 0 Å². The van der Waals surface area contributed by atoms with Crippen LogP contribution in [0.3, 0.4) is 0 Å². The van der Waals surface area contributed by atoms with Gasteiger partial charge in [0.1, 0.15) is 5.82 Å². The van der Waals surface area contributed by atoms with Gasteiger partial charge < -0.3 is 4.57 Å². The number of imidazole rings is 1. The number of aryl methyl sites for hydroxylation is 1. The van der Waals surface area contributed by atoms with Crippen molar-refractivity contribution >= 4 is 22.5 Å². The molecule has 0 atom stereocenters. The number of rotatable bonds is 4. The van der Waals surface area contributed by atoms with E-state index in [0.29, 0.717) is 5.88 Å². The Balaban J connectivity index is 2.26. The number of aromatic nitrogens is 3. The average Bonchev–Trinajstić information content (AvgIpc) is 2.94. The first kappa shape index (κ1) is 13.1. The summed E-state index contributed by atoms with van der Waals surface area (Å²) in [5.41, 5.74) is 2.96. The minimum atomic E-state index is 0.412. The number of hydrogen-bond donors (Lipinski definition) is 0. The second kappa shape index (κ2) is 5.63. The zero-order chi connectivity index (χ0) is 13.9. The molecule has 1 aromatic carbocycles. The number of nitrogens with zero attached hydrogens (tertiary/aromatic N) is 3. The Morgan fingerprint density at radius 1 is 1.25 bits per heavy atom. The summed E-state index contributed by atoms with van der Waals surface area (Å²) in [6.45, 7) is 2.16. The van der Waals surface area contributed by atoms with E-state index in [0.717, 1.165) is 41.0 Å². The molecule has 0 aliphatic heterocycles. The zero-order valence-electron chi connectivity index (χ0n) is 11.4. The van der Waals surface area contributed by atoms with Crippen molar-refractivity contribution in [2.75, 3.05) is 0 Å². The van der Waals surface area contributed by atoms with E-state index in [1.54, 1.807) is 0 Å². The molecule has 3 aromatic rings. The topological polar surface area (TPSA) is 30.7 Å². The highest BCUT2D eigenvalue weighted by Crippen LogP contribution is 2.24. The van der Waals surface area contributed by atoms with Crippen LogP contribution in [0.5, 0.6) is 0 Å². The van der Waals surface area contributed by atoms with E-state index in [9.17, 15) is 0 Å². The lowest BCUT2D eigenvalue weighted by Crippen LogP contribution is -2.03. The van der Waals surface area contributed by atoms with Crippen LogP contribution in [0.25, 0.3) is 16.6 Å². The number of alkyl halides is 1. The third-order valence-electron chi connectivity index (χ3n) is 3.33. The SMILES string of the molecule is CCCc1nccn1-c1cc(CCl)nc2ccccc12. The number of pyridine rings is 1. The molecule has 0 radical (unpaired) electrons. The van der Waals surface area contributed by atoms with Gasteiger partial charge in [-0.05, 0) is 18.6 Å². The maximum Gasteiger partial charge on any atom is 0.113 e. The molecule has 4 heteroatoms. The summed E-state index contributed by atoms with van der Waals surface area (Å²) in [6.07, 6.45) is 5.88. The number of fused-ring (bicyclic) bond motifs is 1. The molecule has 2 aromatic heterocycles. The molecule has 3 nitrogen and oxygen atoms in total. The summed E-state index contributed by atoms with van der Waals surface area (Å²) in [4.78, 5) is 9.03. The van der Waals surface area contributed by atoms with Crippen molar-refractivity contribution in [1.82, 2.24) is 14.5 Å². The molecule has 0 N–H and O–H groups in total. The fourth-order valence-electron chi connectivity index (χ4n) is 2.44. The van der Waals surface area contributed by atoms with E-state index in [1.165, 1.54) is 0 Å². The monoisotopic (exact) mass is 285 g/mol. The largest absolute Gasteiger partial charge is 0.303 e. The summed E-state index contributed by atoms with van der Waals surface area (Å²) in [5.74, 6) is 1.49. The van der Waals surface area contributed by atoms with Gasteiger partial charge in [-0.15, -0.1) is 11.6 Å². The predicted octanol–water partition coefficient (Wildman–Crippen LogP) is 4.11. The van der Waals surface area contributed by atoms with E-state index in [-0.39, 0.29) is 0 Å². The number of benzene rings is 1. The van der Waals surface area contributed by atoms with E-state index in [4.69, 9.17) is 11.6 Å². The van der Waals surface area contributed by atoms with Gasteiger partial charge in [0.25, 0.3) is 0 Å². The normalized spacial score (nSPS) is 11.1. The van der Waals surface area contributed by atoms with E-state index >= 15 is 0 Å². The molecule has 0 saturated carbocycles. The number of halogens is 1. The Labute approximate surface area is 123 Å². The van der Waals surface area contributed by atoms with E-state index in [1.807, 2.05) is 30.6 Å². The third kappa shape index (κ3) is 2.29. The number of hydrogen-bond acceptors (Lipinski definition) is 2. The molecule has 0 saturated heterocycles. The van der Waals surface area contributed by atoms with Crippen LogP contribution in [0.4, 0.5) is 0 Å². The van der Waals surface area contributed by atoms with Gasteiger partial charge >= 0.3 is 0 Å². The molecule has 0 amide bonds. The van der Waals surface area contributed by atoms with Crippen LogP contribution in [0.15, 0.2) is 42.7 Å². The Bertz CT molecular complexity index is 733. The molecule has 2 heterocycles. The van der Waals surface area contributed by atoms with Crippen molar-refractivity contribution in [3.63, 3.8) is 0 Å². The molecule has 20 heavy (non-hydrogen) atoms. The molecule has 102 valence electrons. The van der Waals surface area contributed by atoms with Gasteiger partial charge in [0.2, 0.25) is 0 Å². The van der Waals surface area contributed by atoms with Gasteiger partial charge in [0.05, 0.1) is 22.8 Å². The number of para-hydroxylation sites is 1. The molecule has 0 unspecified atom stereocenters. The second-order valence-electron chi connectivity index (χ2n) is 4.75. The summed E-state index contributed by atoms with van der Waals surface area (Å²) in [7, 11) is 0. The van der Waals surface area contributed by atoms with Crippen LogP contribution < -0.4 is 0 Å². The smallest absolute Gasteiger partial charge is 0.113 e. The Morgan fingerprint density at radius 3 is 2.90 bits per heavy atom. The minimum absolute atomic E-state index is 0.412. The average molecular weight is 286 g/mol. The molecule has 0 aliphatic carbocycles. The molecule has 0 aliphatic rings. The van der Waals surface area contributed by atoms with Gasteiger partial charge in [0, 0.05) is 24.2 Å². The van der Waals surface area contributed by atoms with E-state index < -0.39 is 0 Å². The third-order valence-corrected chi connectivity index (χ3v) is 3.61. The summed E-state index contributed by atoms with van der Waals surface area (Å²) in [6, 6.07) is 10.2. The second-order valence-corrected chi connectivity index (χ2v) is 5.01. The quantitative estimate of drug-likeness (QED) is 0.675. The first-order valence-corrected chi connectivity index (χ1v) is 7.34. The van der Waals surface area contributed by atoms with E-state index in [2.05, 4.69) is 33.6 Å². The fraction of sp³-hybridized carbons (Fsp3) is 0.250. The highest BCUT2D eigenvalue weighted by molar-refractivity contribution is 6.17. The Kier molecular flexibility index (Phi) is 3.70. The van der Waals surface area contributed by atoms with Crippen molar-refractivity contribution in [2.24, 2.45) is 0 Å². The Morgan fingerprint density at radius 2 is 2.10 bits per heavy atom. The summed E-state index contributed by atoms with van der Waals surface area (Å²) >= 11 is 5.97. The van der Waals surface area contributed by atoms with Gasteiger partial charge in [-0.25, -0.2) is 4.98 Å². The fourth-order valence-corrected chi connectivity index (χ4v) is 2.58. The minimum Gasteiger partial charge on any atom is -0.303 e. The highest BCUT2D eigenvalue weighted by Gasteiger charge is 2.10. The van der Waals surface area contributed by atoms with Crippen molar-refractivity contribution in [1.29, 1.82) is 0 Å². The predicted molar refractivity (Wildman–Crippen MR) is 82.4 cm³/mol. The standard InChI is InChI=1S/C16H16ClN3/c1-2-5-16-18-8-9-20(16)15-10-12(11-17)19-14-7-4-3-6-13(14)15/h3-4,6-10H,2,5,11H2,1H3. The van der Waals surface area contributed by atoms with Gasteiger partial charge in [-0.3, -0.25) is 4.98 Å². The lowest BCUT2D eigenvalue weighted by molar-refractivity contribution is 0.810. The maximum absolute atomic E-state index is 5.97. The van der Waals surface area contributed by atoms with Crippen LogP contribution in [-0.2, 0) is 12.3 Å². The summed E-state index contributed by atoms with van der Waals surface area (Å²) in [5, 5.41) is 1.12. The van der Waals surface area contributed by atoms with Gasteiger partial charge in [-0.2, -0.15) is 0 Å². The molecule has 0 spiro atoms. The lowest BCUT2D eigenvalue weighted by Gasteiger charge is -2.12. The summed E-state index contributed by atoms with van der Waals surface area (Å²) < 4.78 is 2.14. The highest BCUT2D eigenvalue weighted by atomic mass is 35.5. The molecule has 3 rings (SSSR count). The first-order valence-electron chi connectivity index (χ1n) is 6.80. The molecular formula is C16H16ClN3. The van der Waals surface area contributed by atoms with Crippen molar-refractivity contribution in [3.05, 3.63) is 54.2 Å². The maximum atomic E-state index is 5.97. The van der Waals surface area contributed by atoms with Crippen LogP contribution in [0.1, 0.15) is 24.9 Å². The molecule has 0 fully saturated rings. The Hall–Kier alpha value is -1.87. The van der Waals surface area contributed by atoms with Crippen LogP contribution in [0.2, 0.25) is 0 Å².